The minimum absolute atomic E-state index is 0. The molecule has 0 bridgehead atoms. The summed E-state index contributed by atoms with van der Waals surface area (Å²) in [5, 5.41) is 17.3. The van der Waals surface area contributed by atoms with Gasteiger partial charge in [0.25, 0.3) is 0 Å². The number of carbonyl (C=O) groups excluding carboxylic acids is 6. The molecule has 64 heavy (non-hydrogen) atoms. The zero-order valence-electron chi connectivity index (χ0n) is 38.1. The Morgan fingerprint density at radius 2 is 0.812 bits per heavy atom. The number of ether oxygens (including phenoxy) is 4. The van der Waals surface area contributed by atoms with Crippen molar-refractivity contribution in [2.24, 2.45) is 16.7 Å². The number of aliphatic hydroxyl groups is 2. The van der Waals surface area contributed by atoms with Crippen molar-refractivity contribution >= 4 is 72.9 Å². The Labute approximate surface area is 422 Å². The zero-order valence-corrected chi connectivity index (χ0v) is 44.5. The molecule has 0 saturated carbocycles. The van der Waals surface area contributed by atoms with Crippen LogP contribution in [0.5, 0.6) is 0 Å². The van der Waals surface area contributed by atoms with Gasteiger partial charge >= 0.3 is 74.4 Å². The van der Waals surface area contributed by atoms with Crippen LogP contribution >= 0.6 is 37.2 Å². The van der Waals surface area contributed by atoms with Gasteiger partial charge in [-0.15, -0.1) is 0 Å². The number of hydrogen-bond donors (Lipinski definition) is 2. The first-order valence-electron chi connectivity index (χ1n) is 18.8. The molecule has 0 fully saturated rings. The van der Waals surface area contributed by atoms with Crippen molar-refractivity contribution < 1.29 is 71.2 Å². The maximum atomic E-state index is 11.6. The van der Waals surface area contributed by atoms with Crippen LogP contribution in [0.1, 0.15) is 179 Å². The standard InChI is InChI=1S/C13H22O6.C8H16O4.2C5H6N2O.4C2H6.6CH4.I3/c1-9(14)17-6-11(7-18-10(2)15)8-19-12(16)13(3,4)5;1-8(2,3)7(11)12-5-6(10)4-9;2*1-5(8)7-3-2-6-4-7;4*1-2;;;;;;;1-3-2/h11H,6-8H2,1-5H3;6,9-10H,4-5H2,1-3H3;2*2-4H,1H3;4*1-2H3;6*1H4;/q;;;;;;;;;;;;;;-1. The average molecular weight is 1270 g/mol. The average Bonchev–Trinajstić information content (AvgIpc) is 3.93. The second-order valence-electron chi connectivity index (χ2n) is 12.0. The molecular weight excluding hydrogens is 1170 g/mol. The zero-order chi connectivity index (χ0) is 47.5. The second-order valence-corrected chi connectivity index (χ2v) is 28.3. The first-order chi connectivity index (χ1) is 27.0. The first-order valence-corrected chi connectivity index (χ1v) is 31.3. The number of esters is 4. The number of aliphatic hydroxyl groups excluding tert-OH is 2. The molecule has 392 valence electrons. The summed E-state index contributed by atoms with van der Waals surface area (Å²) in [5.74, 6) is -1.99. The Balaban J connectivity index is -0.0000000461. The molecule has 1 atom stereocenters. The van der Waals surface area contributed by atoms with Gasteiger partial charge in [-0.2, -0.15) is 0 Å². The molecule has 19 heteroatoms. The Hall–Kier alpha value is -2.25. The van der Waals surface area contributed by atoms with Gasteiger partial charge in [-0.05, 0) is 41.5 Å². The molecule has 1 unspecified atom stereocenters. The molecule has 0 aliphatic heterocycles. The molecule has 0 aromatic carbocycles. The Kier molecular flexibility index (Phi) is 97.4. The molecular formula is C45H98I3N4O12-. The van der Waals surface area contributed by atoms with Gasteiger partial charge in [0.1, 0.15) is 45.2 Å². The van der Waals surface area contributed by atoms with Crippen molar-refractivity contribution in [3.05, 3.63) is 37.4 Å². The molecule has 0 saturated heterocycles. The minimum atomic E-state index is -0.976. The number of imidazole rings is 2. The van der Waals surface area contributed by atoms with E-state index in [0.29, 0.717) is 13.3 Å². The molecule has 2 heterocycles. The molecule has 0 aliphatic carbocycles. The van der Waals surface area contributed by atoms with Gasteiger partial charge in [0.05, 0.1) is 23.4 Å². The third-order valence-electron chi connectivity index (χ3n) is 5.07. The van der Waals surface area contributed by atoms with Crippen LogP contribution in [0.3, 0.4) is 0 Å². The molecule has 0 amide bonds. The normalized spacial score (nSPS) is 8.92. The topological polar surface area (TPSA) is 215 Å². The number of hydrogen-bond acceptors (Lipinski definition) is 14. The molecule has 2 N–H and O–H groups in total. The van der Waals surface area contributed by atoms with Gasteiger partial charge in [0.15, 0.2) is 0 Å². The van der Waals surface area contributed by atoms with E-state index in [4.69, 9.17) is 29.2 Å². The molecule has 2 rings (SSSR count). The van der Waals surface area contributed by atoms with Crippen LogP contribution in [0.15, 0.2) is 37.4 Å². The van der Waals surface area contributed by atoms with E-state index in [0.717, 1.165) is 0 Å². The van der Waals surface area contributed by atoms with Crippen molar-refractivity contribution in [1.82, 2.24) is 19.1 Å². The van der Waals surface area contributed by atoms with E-state index in [9.17, 15) is 28.8 Å². The number of nitrogens with zero attached hydrogens (tertiary/aromatic N) is 4. The van der Waals surface area contributed by atoms with Crippen molar-refractivity contribution in [2.45, 2.75) is 175 Å². The summed E-state index contributed by atoms with van der Waals surface area (Å²) in [7, 11) is 0. The van der Waals surface area contributed by atoms with E-state index >= 15 is 0 Å². The molecule has 0 aliphatic rings. The SMILES string of the molecule is C.C.C.C.C.C.CC.CC.CC.CC.CC(=O)OCC(COC(C)=O)COC(=O)C(C)(C)C.CC(=O)n1ccnc1.CC(=O)n1ccnc1.CC(C)(C)C(=O)OCC(O)CO.I[I-]I. The summed E-state index contributed by atoms with van der Waals surface area (Å²) in [6, 6.07) is 0. The van der Waals surface area contributed by atoms with Crippen LogP contribution in [0.2, 0.25) is 0 Å². The molecule has 2 aromatic rings. The van der Waals surface area contributed by atoms with Gasteiger partial charge in [0, 0.05) is 52.5 Å². The third-order valence-corrected chi connectivity index (χ3v) is 5.07. The monoisotopic (exact) mass is 1270 g/mol. The quantitative estimate of drug-likeness (QED) is 0.136. The summed E-state index contributed by atoms with van der Waals surface area (Å²) in [6.07, 6.45) is 8.34. The molecule has 0 spiro atoms. The van der Waals surface area contributed by atoms with E-state index in [2.05, 4.69) is 47.2 Å². The van der Waals surface area contributed by atoms with Crippen LogP contribution in [0.4, 0.5) is 0 Å². The predicted octanol–water partition coefficient (Wildman–Crippen LogP) is 9.03. The Morgan fingerprint density at radius 3 is 0.984 bits per heavy atom. The number of rotatable bonds is 9. The van der Waals surface area contributed by atoms with Crippen LogP contribution in [0, 0.1) is 16.7 Å². The van der Waals surface area contributed by atoms with E-state index in [1.54, 1.807) is 66.3 Å². The molecule has 0 radical (unpaired) electrons. The summed E-state index contributed by atoms with van der Waals surface area (Å²) < 4.78 is 22.3. The van der Waals surface area contributed by atoms with Crippen molar-refractivity contribution in [3.63, 3.8) is 0 Å². The maximum absolute atomic E-state index is 11.6. The predicted molar refractivity (Wildman–Crippen MR) is 282 cm³/mol. The molecule has 2 aromatic heterocycles. The fraction of sp³-hybridized carbons (Fsp3) is 0.733. The number of halogens is 3. The third kappa shape index (κ3) is 71.4. The van der Waals surface area contributed by atoms with Gasteiger partial charge in [-0.25, -0.2) is 9.97 Å². The molecule has 16 nitrogen and oxygen atoms in total. The van der Waals surface area contributed by atoms with Crippen molar-refractivity contribution in [3.8, 4) is 0 Å². The fourth-order valence-electron chi connectivity index (χ4n) is 2.36. The Bertz CT molecular complexity index is 1190. The summed E-state index contributed by atoms with van der Waals surface area (Å²) >= 11 is 5.30. The number of aromatic nitrogens is 4. The van der Waals surface area contributed by atoms with E-state index < -0.39 is 35.5 Å². The number of carbonyl (C=O) groups is 6. The van der Waals surface area contributed by atoms with Crippen LogP contribution < -0.4 is 13.3 Å². The van der Waals surface area contributed by atoms with Gasteiger partial charge in [0.2, 0.25) is 11.8 Å². The van der Waals surface area contributed by atoms with Gasteiger partial charge in [-0.3, -0.25) is 37.9 Å². The van der Waals surface area contributed by atoms with E-state index in [1.165, 1.54) is 49.5 Å². The fourth-order valence-corrected chi connectivity index (χ4v) is 2.36. The van der Waals surface area contributed by atoms with E-state index in [-0.39, 0.29) is 101 Å². The van der Waals surface area contributed by atoms with Crippen molar-refractivity contribution in [2.75, 3.05) is 33.0 Å². The first kappa shape index (κ1) is 95.9. The summed E-state index contributed by atoms with van der Waals surface area (Å²) in [6.45, 7) is 31.5. The van der Waals surface area contributed by atoms with Gasteiger partial charge < -0.3 is 29.2 Å². The summed E-state index contributed by atoms with van der Waals surface area (Å²) in [4.78, 5) is 72.4. The second kappa shape index (κ2) is 65.0. The van der Waals surface area contributed by atoms with Crippen LogP contribution in [-0.4, -0.2) is 104 Å². The van der Waals surface area contributed by atoms with E-state index in [1.807, 2.05) is 55.4 Å². The van der Waals surface area contributed by atoms with Crippen molar-refractivity contribution in [1.29, 1.82) is 0 Å². The van der Waals surface area contributed by atoms with Gasteiger partial charge in [-0.1, -0.05) is 99.9 Å². The van der Waals surface area contributed by atoms with Crippen LogP contribution in [-0.2, 0) is 38.1 Å². The van der Waals surface area contributed by atoms with Crippen LogP contribution in [0.25, 0.3) is 0 Å². The summed E-state index contributed by atoms with van der Waals surface area (Å²) in [5.41, 5.74) is -1.16. The Morgan fingerprint density at radius 1 is 0.562 bits per heavy atom.